The molecular formula is C13H13N3OS. The summed E-state index contributed by atoms with van der Waals surface area (Å²) in [4.78, 5) is 0.897. The second-order valence-electron chi connectivity index (χ2n) is 4.46. The van der Waals surface area contributed by atoms with E-state index in [0.29, 0.717) is 5.69 Å². The second kappa shape index (κ2) is 3.90. The highest BCUT2D eigenvalue weighted by Crippen LogP contribution is 2.36. The monoisotopic (exact) mass is 259 g/mol. The van der Waals surface area contributed by atoms with Gasteiger partial charge in [-0.05, 0) is 24.4 Å². The molecule has 0 spiro atoms. The number of hydrogen-bond acceptors (Lipinski definition) is 4. The molecule has 0 amide bonds. The maximum Gasteiger partial charge on any atom is 0.139 e. The van der Waals surface area contributed by atoms with Gasteiger partial charge >= 0.3 is 0 Å². The molecule has 1 N–H and O–H groups in total. The van der Waals surface area contributed by atoms with Crippen molar-refractivity contribution in [3.05, 3.63) is 47.1 Å². The maximum atomic E-state index is 10.7. The van der Waals surface area contributed by atoms with Crippen LogP contribution in [-0.2, 0) is 12.6 Å². The number of rotatable bonds is 2. The van der Waals surface area contributed by atoms with Crippen LogP contribution in [0.1, 0.15) is 17.5 Å². The van der Waals surface area contributed by atoms with Gasteiger partial charge in [0.25, 0.3) is 0 Å². The van der Waals surface area contributed by atoms with Crippen LogP contribution in [-0.4, -0.2) is 20.1 Å². The number of benzene rings is 1. The van der Waals surface area contributed by atoms with Gasteiger partial charge in [-0.25, -0.2) is 4.68 Å². The maximum absolute atomic E-state index is 10.7. The molecule has 0 saturated heterocycles. The van der Waals surface area contributed by atoms with Crippen LogP contribution in [0.3, 0.4) is 0 Å². The van der Waals surface area contributed by atoms with Crippen LogP contribution in [0.4, 0.5) is 0 Å². The van der Waals surface area contributed by atoms with E-state index in [2.05, 4.69) is 16.4 Å². The van der Waals surface area contributed by atoms with E-state index >= 15 is 0 Å². The Morgan fingerprint density at radius 2 is 2.11 bits per heavy atom. The SMILES string of the molecule is Cn1nncc1C(C)(O)c1cc2ccccc2s1. The Morgan fingerprint density at radius 1 is 1.33 bits per heavy atom. The molecule has 18 heavy (non-hydrogen) atoms. The molecule has 3 aromatic rings. The van der Waals surface area contributed by atoms with E-state index in [1.54, 1.807) is 36.2 Å². The number of aromatic nitrogens is 3. The van der Waals surface area contributed by atoms with Gasteiger partial charge in [-0.15, -0.1) is 16.4 Å². The predicted molar refractivity (Wildman–Crippen MR) is 71.5 cm³/mol. The zero-order valence-corrected chi connectivity index (χ0v) is 11.0. The van der Waals surface area contributed by atoms with Crippen LogP contribution in [0.5, 0.6) is 0 Å². The van der Waals surface area contributed by atoms with Gasteiger partial charge in [-0.1, -0.05) is 23.4 Å². The zero-order chi connectivity index (χ0) is 12.8. The molecule has 4 nitrogen and oxygen atoms in total. The van der Waals surface area contributed by atoms with E-state index < -0.39 is 5.60 Å². The summed E-state index contributed by atoms with van der Waals surface area (Å²) in [6, 6.07) is 10.1. The molecule has 0 bridgehead atoms. The van der Waals surface area contributed by atoms with E-state index in [1.165, 1.54) is 4.70 Å². The molecule has 1 unspecified atom stereocenters. The lowest BCUT2D eigenvalue weighted by molar-refractivity contribution is 0.0969. The summed E-state index contributed by atoms with van der Waals surface area (Å²) < 4.78 is 2.77. The molecule has 92 valence electrons. The quantitative estimate of drug-likeness (QED) is 0.768. The van der Waals surface area contributed by atoms with Crippen molar-refractivity contribution in [3.8, 4) is 0 Å². The highest BCUT2D eigenvalue weighted by Gasteiger charge is 2.31. The molecule has 0 aliphatic carbocycles. The second-order valence-corrected chi connectivity index (χ2v) is 5.55. The third-order valence-electron chi connectivity index (χ3n) is 3.12. The third-order valence-corrected chi connectivity index (χ3v) is 4.45. The van der Waals surface area contributed by atoms with Gasteiger partial charge < -0.3 is 5.11 Å². The smallest absolute Gasteiger partial charge is 0.139 e. The van der Waals surface area contributed by atoms with Crippen molar-refractivity contribution in [3.63, 3.8) is 0 Å². The van der Waals surface area contributed by atoms with Crippen LogP contribution in [0.2, 0.25) is 0 Å². The molecule has 0 saturated carbocycles. The molecular weight excluding hydrogens is 246 g/mol. The van der Waals surface area contributed by atoms with Gasteiger partial charge in [-0.3, -0.25) is 0 Å². The van der Waals surface area contributed by atoms with Gasteiger partial charge in [0.1, 0.15) is 5.60 Å². The summed E-state index contributed by atoms with van der Waals surface area (Å²) in [5, 5.41) is 19.6. The van der Waals surface area contributed by atoms with Gasteiger partial charge in [0.2, 0.25) is 0 Å². The first-order chi connectivity index (χ1) is 8.59. The van der Waals surface area contributed by atoms with Crippen molar-refractivity contribution in [2.24, 2.45) is 7.05 Å². The van der Waals surface area contributed by atoms with E-state index in [0.717, 1.165) is 10.3 Å². The first-order valence-electron chi connectivity index (χ1n) is 5.65. The van der Waals surface area contributed by atoms with Crippen LogP contribution in [0.15, 0.2) is 36.5 Å². The lowest BCUT2D eigenvalue weighted by atomic mass is 10.0. The Balaban J connectivity index is 2.16. The number of fused-ring (bicyclic) bond motifs is 1. The number of nitrogens with zero attached hydrogens (tertiary/aromatic N) is 3. The highest BCUT2D eigenvalue weighted by atomic mass is 32.1. The van der Waals surface area contributed by atoms with E-state index in [4.69, 9.17) is 0 Å². The Labute approximate surface area is 108 Å². The average molecular weight is 259 g/mol. The van der Waals surface area contributed by atoms with Crippen molar-refractivity contribution in [2.75, 3.05) is 0 Å². The molecule has 1 aromatic carbocycles. The van der Waals surface area contributed by atoms with Crippen molar-refractivity contribution in [2.45, 2.75) is 12.5 Å². The van der Waals surface area contributed by atoms with Crippen molar-refractivity contribution < 1.29 is 5.11 Å². The van der Waals surface area contributed by atoms with Crippen LogP contribution in [0, 0.1) is 0 Å². The third kappa shape index (κ3) is 1.63. The van der Waals surface area contributed by atoms with Crippen LogP contribution in [0.25, 0.3) is 10.1 Å². The number of aryl methyl sites for hydroxylation is 1. The van der Waals surface area contributed by atoms with Crippen molar-refractivity contribution >= 4 is 21.4 Å². The molecule has 5 heteroatoms. The first kappa shape index (κ1) is 11.4. The zero-order valence-electron chi connectivity index (χ0n) is 10.2. The topological polar surface area (TPSA) is 50.9 Å². The first-order valence-corrected chi connectivity index (χ1v) is 6.47. The lowest BCUT2D eigenvalue weighted by Crippen LogP contribution is -2.24. The van der Waals surface area contributed by atoms with Crippen molar-refractivity contribution in [1.82, 2.24) is 15.0 Å². The Bertz CT molecular complexity index is 666. The molecule has 2 heterocycles. The molecule has 3 rings (SSSR count). The predicted octanol–water partition coefficient (Wildman–Crippen LogP) is 2.29. The minimum atomic E-state index is -1.07. The summed E-state index contributed by atoms with van der Waals surface area (Å²) in [5.41, 5.74) is -0.379. The highest BCUT2D eigenvalue weighted by molar-refractivity contribution is 7.19. The number of aliphatic hydroxyl groups is 1. The lowest BCUT2D eigenvalue weighted by Gasteiger charge is -2.21. The summed E-state index contributed by atoms with van der Waals surface area (Å²) in [7, 11) is 1.78. The minimum Gasteiger partial charge on any atom is -0.378 e. The fourth-order valence-electron chi connectivity index (χ4n) is 2.08. The fourth-order valence-corrected chi connectivity index (χ4v) is 3.20. The van der Waals surface area contributed by atoms with Crippen LogP contribution >= 0.6 is 11.3 Å². The summed E-state index contributed by atoms with van der Waals surface area (Å²) in [6.45, 7) is 1.77. The standard InChI is InChI=1S/C13H13N3OS/c1-13(17,11-8-14-15-16(11)2)12-7-9-5-3-4-6-10(9)18-12/h3-8,17H,1-2H3. The Kier molecular flexibility index (Phi) is 2.46. The largest absolute Gasteiger partial charge is 0.378 e. The molecule has 0 aliphatic heterocycles. The molecule has 2 aromatic heterocycles. The van der Waals surface area contributed by atoms with Gasteiger partial charge in [0.05, 0.1) is 11.9 Å². The number of thiophene rings is 1. The summed E-state index contributed by atoms with van der Waals surface area (Å²) >= 11 is 1.59. The fraction of sp³-hybridized carbons (Fsp3) is 0.231. The average Bonchev–Trinajstić information content (AvgIpc) is 2.94. The Morgan fingerprint density at radius 3 is 2.78 bits per heavy atom. The molecule has 1 atom stereocenters. The Hall–Kier alpha value is -1.72. The van der Waals surface area contributed by atoms with Crippen molar-refractivity contribution in [1.29, 1.82) is 0 Å². The summed E-state index contributed by atoms with van der Waals surface area (Å²) in [5.74, 6) is 0. The molecule has 0 fully saturated rings. The van der Waals surface area contributed by atoms with E-state index in [1.807, 2.05) is 24.3 Å². The molecule has 0 aliphatic rings. The van der Waals surface area contributed by atoms with Gasteiger partial charge in [0, 0.05) is 16.6 Å². The minimum absolute atomic E-state index is 0.689. The van der Waals surface area contributed by atoms with Gasteiger partial charge in [-0.2, -0.15) is 0 Å². The van der Waals surface area contributed by atoms with Gasteiger partial charge in [0.15, 0.2) is 0 Å². The van der Waals surface area contributed by atoms with E-state index in [-0.39, 0.29) is 0 Å². The van der Waals surface area contributed by atoms with E-state index in [9.17, 15) is 5.11 Å². The number of hydrogen-bond donors (Lipinski definition) is 1. The summed E-state index contributed by atoms with van der Waals surface area (Å²) in [6.07, 6.45) is 1.60. The molecule has 0 radical (unpaired) electrons. The normalized spacial score (nSPS) is 14.8. The van der Waals surface area contributed by atoms with Crippen LogP contribution < -0.4 is 0 Å².